The molecule has 7 nitrogen and oxygen atoms in total. The summed E-state index contributed by atoms with van der Waals surface area (Å²) in [7, 11) is 0. The Morgan fingerprint density at radius 3 is 2.41 bits per heavy atom. The number of hydrogen-bond donors (Lipinski definition) is 1. The van der Waals surface area contributed by atoms with Gasteiger partial charge in [-0.1, -0.05) is 54.2 Å². The molecule has 0 radical (unpaired) electrons. The number of benzene rings is 3. The van der Waals surface area contributed by atoms with Crippen LogP contribution in [0, 0.1) is 0 Å². The van der Waals surface area contributed by atoms with Crippen LogP contribution in [-0.4, -0.2) is 51.4 Å². The molecule has 8 heteroatoms. The lowest BCUT2D eigenvalue weighted by Crippen LogP contribution is -2.32. The van der Waals surface area contributed by atoms with Crippen LogP contribution in [0.2, 0.25) is 0 Å². The maximum absolute atomic E-state index is 12.8. The van der Waals surface area contributed by atoms with Crippen molar-refractivity contribution in [3.8, 4) is 11.1 Å². The number of nitrogens with zero attached hydrogens (tertiary/aromatic N) is 3. The highest BCUT2D eigenvalue weighted by Crippen LogP contribution is 2.29. The average Bonchev–Trinajstić information content (AvgIpc) is 3.57. The number of anilines is 1. The number of nitrogens with one attached hydrogen (secondary N) is 1. The number of esters is 1. The Morgan fingerprint density at radius 2 is 1.72 bits per heavy atom. The maximum Gasteiger partial charge on any atom is 0.339 e. The van der Waals surface area contributed by atoms with Crippen LogP contribution in [0.15, 0.2) is 71.9 Å². The third-order valence-electron chi connectivity index (χ3n) is 6.69. The molecular weight excluding hydrogens is 508 g/mol. The summed E-state index contributed by atoms with van der Waals surface area (Å²) in [6.07, 6.45) is 4.13. The van der Waals surface area contributed by atoms with E-state index in [0.717, 1.165) is 64.5 Å². The second kappa shape index (κ2) is 11.1. The number of carbonyl (C=O) groups is 2. The van der Waals surface area contributed by atoms with Gasteiger partial charge in [-0.05, 0) is 80.8 Å². The second-order valence-electron chi connectivity index (χ2n) is 10.8. The zero-order valence-corrected chi connectivity index (χ0v) is 23.7. The van der Waals surface area contributed by atoms with E-state index >= 15 is 0 Å². The minimum absolute atomic E-state index is 0.0507. The first-order chi connectivity index (χ1) is 18.7. The normalized spacial score (nSPS) is 13.6. The summed E-state index contributed by atoms with van der Waals surface area (Å²) in [5.74, 6) is -0.329. The lowest BCUT2D eigenvalue weighted by molar-refractivity contribution is 0.00704. The molecule has 2 amide bonds. The number of thioether (sulfide) groups is 1. The van der Waals surface area contributed by atoms with E-state index in [4.69, 9.17) is 9.72 Å². The van der Waals surface area contributed by atoms with Gasteiger partial charge in [0.2, 0.25) is 0 Å². The van der Waals surface area contributed by atoms with Gasteiger partial charge in [-0.25, -0.2) is 14.6 Å². The number of fused-ring (bicyclic) bond motifs is 1. The quantitative estimate of drug-likeness (QED) is 0.209. The van der Waals surface area contributed by atoms with Gasteiger partial charge in [-0.2, -0.15) is 0 Å². The summed E-state index contributed by atoms with van der Waals surface area (Å²) in [4.78, 5) is 32.1. The molecule has 1 aliphatic heterocycles. The van der Waals surface area contributed by atoms with Crippen molar-refractivity contribution in [2.75, 3.05) is 24.7 Å². The maximum atomic E-state index is 12.8. The topological polar surface area (TPSA) is 76.5 Å². The van der Waals surface area contributed by atoms with Crippen LogP contribution in [0.3, 0.4) is 0 Å². The average molecular weight is 543 g/mol. The van der Waals surface area contributed by atoms with Crippen molar-refractivity contribution >= 4 is 40.5 Å². The predicted molar refractivity (Wildman–Crippen MR) is 157 cm³/mol. The lowest BCUT2D eigenvalue weighted by Gasteiger charge is -2.20. The fourth-order valence-corrected chi connectivity index (χ4v) is 5.40. The summed E-state index contributed by atoms with van der Waals surface area (Å²) < 4.78 is 7.80. The Kier molecular flexibility index (Phi) is 7.66. The van der Waals surface area contributed by atoms with E-state index in [0.29, 0.717) is 12.1 Å². The van der Waals surface area contributed by atoms with Crippen molar-refractivity contribution in [1.82, 2.24) is 14.5 Å². The molecule has 1 N–H and O–H groups in total. The lowest BCUT2D eigenvalue weighted by atomic mass is 9.98. The van der Waals surface area contributed by atoms with Crippen LogP contribution in [0.1, 0.15) is 49.5 Å². The second-order valence-corrected chi connectivity index (χ2v) is 11.5. The van der Waals surface area contributed by atoms with E-state index in [1.165, 1.54) is 0 Å². The minimum Gasteiger partial charge on any atom is -0.456 e. The van der Waals surface area contributed by atoms with Crippen molar-refractivity contribution in [2.24, 2.45) is 0 Å². The summed E-state index contributed by atoms with van der Waals surface area (Å²) in [6.45, 7) is 7.85. The number of aromatic nitrogens is 2. The highest BCUT2D eigenvalue weighted by atomic mass is 32.2. The SMILES string of the molecule is CSc1nc2ccc(NC(=O)N3CCCC3)cc2n1Cc1ccc(-c2ccccc2C(=O)OC(C)(C)C)cc1. The Balaban J connectivity index is 1.39. The van der Waals surface area contributed by atoms with E-state index < -0.39 is 5.60 Å². The van der Waals surface area contributed by atoms with E-state index in [1.54, 1.807) is 17.8 Å². The van der Waals surface area contributed by atoms with Crippen LogP contribution in [0.5, 0.6) is 0 Å². The number of hydrogen-bond acceptors (Lipinski definition) is 5. The largest absolute Gasteiger partial charge is 0.456 e. The van der Waals surface area contributed by atoms with E-state index in [1.807, 2.05) is 80.5 Å². The van der Waals surface area contributed by atoms with Crippen molar-refractivity contribution in [2.45, 2.75) is 50.9 Å². The summed E-state index contributed by atoms with van der Waals surface area (Å²) in [6, 6.07) is 21.6. The van der Waals surface area contributed by atoms with Gasteiger partial charge in [0.25, 0.3) is 0 Å². The monoisotopic (exact) mass is 542 g/mol. The molecule has 3 aromatic carbocycles. The molecule has 1 fully saturated rings. The van der Waals surface area contributed by atoms with E-state index in [9.17, 15) is 9.59 Å². The smallest absolute Gasteiger partial charge is 0.339 e. The molecule has 0 atom stereocenters. The molecule has 0 unspecified atom stereocenters. The summed E-state index contributed by atoms with van der Waals surface area (Å²) >= 11 is 1.60. The van der Waals surface area contributed by atoms with Crippen molar-refractivity contribution < 1.29 is 14.3 Å². The zero-order valence-electron chi connectivity index (χ0n) is 22.9. The third kappa shape index (κ3) is 6.11. The van der Waals surface area contributed by atoms with Gasteiger partial charge in [-0.15, -0.1) is 0 Å². The van der Waals surface area contributed by atoms with Crippen LogP contribution >= 0.6 is 11.8 Å². The predicted octanol–water partition coefficient (Wildman–Crippen LogP) is 7.06. The van der Waals surface area contributed by atoms with Gasteiger partial charge in [0, 0.05) is 18.8 Å². The standard InChI is InChI=1S/C31H34N4O3S/c1-31(2,3)38-28(36)25-10-6-5-9-24(25)22-13-11-21(12-14-22)20-35-27-19-23(15-16-26(27)33-30(35)39-4)32-29(37)34-17-7-8-18-34/h5-6,9-16,19H,7-8,17-18,20H2,1-4H3,(H,32,37). The molecule has 1 aliphatic rings. The number of urea groups is 1. The molecule has 2 heterocycles. The van der Waals surface area contributed by atoms with Crippen molar-refractivity contribution in [3.05, 3.63) is 77.9 Å². The number of rotatable bonds is 6. The molecule has 0 aliphatic carbocycles. The number of imidazole rings is 1. The molecule has 5 rings (SSSR count). The molecular formula is C31H34N4O3S. The van der Waals surface area contributed by atoms with Gasteiger partial charge in [0.05, 0.1) is 23.1 Å². The Bertz CT molecular complexity index is 1500. The van der Waals surface area contributed by atoms with Crippen LogP contribution < -0.4 is 5.32 Å². The minimum atomic E-state index is -0.562. The Morgan fingerprint density at radius 1 is 1.00 bits per heavy atom. The Labute approximate surface area is 233 Å². The molecule has 202 valence electrons. The first-order valence-electron chi connectivity index (χ1n) is 13.2. The van der Waals surface area contributed by atoms with Crippen molar-refractivity contribution in [3.63, 3.8) is 0 Å². The fraction of sp³-hybridized carbons (Fsp3) is 0.323. The van der Waals surface area contributed by atoms with Crippen molar-refractivity contribution in [1.29, 1.82) is 0 Å². The molecule has 0 saturated carbocycles. The highest BCUT2D eigenvalue weighted by molar-refractivity contribution is 7.98. The van der Waals surface area contributed by atoms with Gasteiger partial charge in [-0.3, -0.25) is 0 Å². The zero-order chi connectivity index (χ0) is 27.6. The molecule has 1 aromatic heterocycles. The van der Waals surface area contributed by atoms with Crippen LogP contribution in [0.25, 0.3) is 22.2 Å². The van der Waals surface area contributed by atoms with E-state index in [-0.39, 0.29) is 12.0 Å². The van der Waals surface area contributed by atoms with Gasteiger partial charge >= 0.3 is 12.0 Å². The first-order valence-corrected chi connectivity index (χ1v) is 14.5. The number of carbonyl (C=O) groups excluding carboxylic acids is 2. The van der Waals surface area contributed by atoms with Crippen LogP contribution in [0.4, 0.5) is 10.5 Å². The Hall–Kier alpha value is -3.78. The highest BCUT2D eigenvalue weighted by Gasteiger charge is 2.21. The molecule has 1 saturated heterocycles. The summed E-state index contributed by atoms with van der Waals surface area (Å²) in [5, 5.41) is 3.96. The molecule has 4 aromatic rings. The summed E-state index contributed by atoms with van der Waals surface area (Å²) in [5.41, 5.74) is 5.51. The third-order valence-corrected chi connectivity index (χ3v) is 7.37. The van der Waals surface area contributed by atoms with Gasteiger partial charge in [0.15, 0.2) is 5.16 Å². The molecule has 39 heavy (non-hydrogen) atoms. The van der Waals surface area contributed by atoms with Gasteiger partial charge in [0.1, 0.15) is 5.60 Å². The number of amides is 2. The first kappa shape index (κ1) is 26.8. The van der Waals surface area contributed by atoms with Gasteiger partial charge < -0.3 is 19.5 Å². The van der Waals surface area contributed by atoms with E-state index in [2.05, 4.69) is 22.0 Å². The van der Waals surface area contributed by atoms with Crippen LogP contribution in [-0.2, 0) is 11.3 Å². The number of ether oxygens (including phenoxy) is 1. The number of likely N-dealkylation sites (tertiary alicyclic amines) is 1. The fourth-order valence-electron chi connectivity index (χ4n) is 4.83. The molecule has 0 bridgehead atoms. The molecule has 0 spiro atoms.